The van der Waals surface area contributed by atoms with Crippen molar-refractivity contribution in [1.82, 2.24) is 5.32 Å². The third-order valence-electron chi connectivity index (χ3n) is 5.32. The highest BCUT2D eigenvalue weighted by Gasteiger charge is 2.48. The number of hydrogen-bond donors (Lipinski definition) is 2. The summed E-state index contributed by atoms with van der Waals surface area (Å²) in [5.74, 6) is -0.156. The van der Waals surface area contributed by atoms with Crippen LogP contribution in [-0.2, 0) is 9.54 Å². The van der Waals surface area contributed by atoms with Gasteiger partial charge in [-0.05, 0) is 23.6 Å². The number of nitrogens with two attached hydrogens (primary N) is 1. The third kappa shape index (κ3) is 3.23. The van der Waals surface area contributed by atoms with Crippen LogP contribution < -0.4 is 11.1 Å². The molecule has 3 aromatic rings. The molecular weight excluding hydrogens is 364 g/mol. The molecule has 1 amide bonds. The van der Waals surface area contributed by atoms with Crippen LogP contribution in [0.15, 0.2) is 91.0 Å². The molecule has 0 radical (unpaired) electrons. The van der Waals surface area contributed by atoms with E-state index in [1.807, 2.05) is 25.1 Å². The topological polar surface area (TPSA) is 55.1 Å². The van der Waals surface area contributed by atoms with Gasteiger partial charge in [-0.2, -0.15) is 0 Å². The lowest BCUT2D eigenvalue weighted by Crippen LogP contribution is -2.63. The lowest BCUT2D eigenvalue weighted by Gasteiger charge is -2.45. The Labute approximate surface area is 170 Å². The first kappa shape index (κ1) is 18.8. The first-order valence-electron chi connectivity index (χ1n) is 9.53. The monoisotopic (exact) mass is 388 g/mol. The van der Waals surface area contributed by atoms with E-state index in [1.54, 1.807) is 11.8 Å². The molecule has 3 unspecified atom stereocenters. The van der Waals surface area contributed by atoms with Crippen molar-refractivity contribution in [3.63, 3.8) is 0 Å². The van der Waals surface area contributed by atoms with Crippen molar-refractivity contribution in [2.75, 3.05) is 0 Å². The maximum absolute atomic E-state index is 12.2. The second-order valence-electron chi connectivity index (χ2n) is 7.21. The number of nitrogens with one attached hydrogen (secondary N) is 1. The maximum atomic E-state index is 12.2. The van der Waals surface area contributed by atoms with Crippen molar-refractivity contribution in [3.05, 3.63) is 108 Å². The zero-order valence-electron chi connectivity index (χ0n) is 15.8. The minimum atomic E-state index is -0.449. The van der Waals surface area contributed by atoms with Gasteiger partial charge < -0.3 is 11.1 Å². The van der Waals surface area contributed by atoms with Gasteiger partial charge in [-0.25, -0.2) is 0 Å². The van der Waals surface area contributed by atoms with E-state index in [0.29, 0.717) is 0 Å². The van der Waals surface area contributed by atoms with Crippen molar-refractivity contribution in [3.8, 4) is 0 Å². The number of β-lactam (4-membered cyclic amide) rings is 1. The fourth-order valence-electron chi connectivity index (χ4n) is 3.90. The molecule has 0 saturated carbocycles. The van der Waals surface area contributed by atoms with Crippen LogP contribution in [0.4, 0.5) is 0 Å². The highest BCUT2D eigenvalue weighted by molar-refractivity contribution is 8.01. The molecule has 1 heterocycles. The lowest BCUT2D eigenvalue weighted by atomic mass is 9.84. The summed E-state index contributed by atoms with van der Waals surface area (Å²) in [7, 11) is 0. The fourth-order valence-corrected chi connectivity index (χ4v) is 5.79. The number of carbonyl (C=O) groups is 1. The van der Waals surface area contributed by atoms with Crippen molar-refractivity contribution in [2.45, 2.75) is 23.1 Å². The molecule has 0 aliphatic carbocycles. The summed E-state index contributed by atoms with van der Waals surface area (Å²) in [5.41, 5.74) is 9.69. The average Bonchev–Trinajstić information content (AvgIpc) is 2.72. The molecule has 3 aromatic carbocycles. The maximum Gasteiger partial charge on any atom is 0.228 e. The molecule has 28 heavy (non-hydrogen) atoms. The molecule has 0 bridgehead atoms. The normalized spacial score (nSPS) is 20.1. The average molecular weight is 389 g/mol. The molecule has 1 aliphatic rings. The van der Waals surface area contributed by atoms with E-state index in [0.717, 1.165) is 0 Å². The number of benzene rings is 3. The Morgan fingerprint density at radius 3 is 1.54 bits per heavy atom. The Bertz CT molecular complexity index is 832. The zero-order valence-corrected chi connectivity index (χ0v) is 16.6. The van der Waals surface area contributed by atoms with Gasteiger partial charge in [0.05, 0.1) is 16.0 Å². The van der Waals surface area contributed by atoms with Crippen LogP contribution in [0.25, 0.3) is 0 Å². The second-order valence-corrected chi connectivity index (χ2v) is 8.57. The first-order chi connectivity index (χ1) is 13.6. The Hall–Kier alpha value is -2.56. The Kier molecular flexibility index (Phi) is 5.25. The molecule has 0 spiro atoms. The van der Waals surface area contributed by atoms with Crippen LogP contribution in [0.3, 0.4) is 0 Å². The summed E-state index contributed by atoms with van der Waals surface area (Å²) in [4.78, 5) is 12.2. The first-order valence-corrected chi connectivity index (χ1v) is 10.4. The van der Waals surface area contributed by atoms with Gasteiger partial charge in [0, 0.05) is 6.04 Å². The Balaban J connectivity index is 1.90. The van der Waals surface area contributed by atoms with Gasteiger partial charge in [0.25, 0.3) is 0 Å². The number of thioether (sulfide) groups is 1. The van der Waals surface area contributed by atoms with Crippen LogP contribution in [0.1, 0.15) is 23.6 Å². The fraction of sp³-hybridized carbons (Fsp3) is 0.208. The lowest BCUT2D eigenvalue weighted by molar-refractivity contribution is -0.132. The SMILES string of the molecule is CC(N)C1C(=O)NC1SC(c1ccccc1)(c1ccccc1)c1ccccc1. The minimum Gasteiger partial charge on any atom is -0.343 e. The van der Waals surface area contributed by atoms with E-state index in [-0.39, 0.29) is 23.2 Å². The largest absolute Gasteiger partial charge is 0.343 e. The summed E-state index contributed by atoms with van der Waals surface area (Å²) in [6.45, 7) is 1.91. The van der Waals surface area contributed by atoms with Crippen molar-refractivity contribution >= 4 is 17.7 Å². The molecule has 142 valence electrons. The molecular formula is C24H24N2OS. The van der Waals surface area contributed by atoms with E-state index >= 15 is 0 Å². The molecule has 1 saturated heterocycles. The third-order valence-corrected chi connectivity index (χ3v) is 7.05. The van der Waals surface area contributed by atoms with Gasteiger partial charge in [0.2, 0.25) is 5.91 Å². The summed E-state index contributed by atoms with van der Waals surface area (Å²) in [6, 6.07) is 31.3. The van der Waals surface area contributed by atoms with E-state index in [1.165, 1.54) is 16.7 Å². The molecule has 4 rings (SSSR count). The van der Waals surface area contributed by atoms with Crippen molar-refractivity contribution in [1.29, 1.82) is 0 Å². The number of hydrogen-bond acceptors (Lipinski definition) is 3. The molecule has 3 N–H and O–H groups in total. The van der Waals surface area contributed by atoms with Crippen LogP contribution in [0, 0.1) is 5.92 Å². The van der Waals surface area contributed by atoms with E-state index < -0.39 is 4.75 Å². The number of amides is 1. The Morgan fingerprint density at radius 2 is 1.21 bits per heavy atom. The van der Waals surface area contributed by atoms with E-state index in [4.69, 9.17) is 5.73 Å². The van der Waals surface area contributed by atoms with Crippen LogP contribution in [-0.4, -0.2) is 17.3 Å². The van der Waals surface area contributed by atoms with Crippen LogP contribution in [0.5, 0.6) is 0 Å². The van der Waals surface area contributed by atoms with E-state index in [2.05, 4.69) is 78.1 Å². The van der Waals surface area contributed by atoms with Crippen molar-refractivity contribution in [2.24, 2.45) is 11.7 Å². The Morgan fingerprint density at radius 1 is 0.821 bits per heavy atom. The van der Waals surface area contributed by atoms with Gasteiger partial charge in [-0.3, -0.25) is 4.79 Å². The van der Waals surface area contributed by atoms with Crippen molar-refractivity contribution < 1.29 is 4.79 Å². The van der Waals surface area contributed by atoms with Gasteiger partial charge >= 0.3 is 0 Å². The number of carbonyl (C=O) groups excluding carboxylic acids is 1. The molecule has 1 fully saturated rings. The van der Waals surface area contributed by atoms with Gasteiger partial charge in [-0.15, -0.1) is 11.8 Å². The predicted octanol–water partition coefficient (Wildman–Crippen LogP) is 4.13. The molecule has 3 nitrogen and oxygen atoms in total. The van der Waals surface area contributed by atoms with Gasteiger partial charge in [0.1, 0.15) is 0 Å². The zero-order chi connectivity index (χ0) is 19.6. The standard InChI is InChI=1S/C24H24N2OS/c1-17(25)21-22(27)26-23(21)28-24(18-11-5-2-6-12-18,19-13-7-3-8-14-19)20-15-9-4-10-16-20/h2-17,21,23H,25H2,1H3,(H,26,27). The second kappa shape index (κ2) is 7.82. The molecule has 3 atom stereocenters. The summed E-state index contributed by atoms with van der Waals surface area (Å²) >= 11 is 1.77. The summed E-state index contributed by atoms with van der Waals surface area (Å²) < 4.78 is -0.449. The van der Waals surface area contributed by atoms with Crippen LogP contribution in [0.2, 0.25) is 0 Å². The molecule has 0 aromatic heterocycles. The van der Waals surface area contributed by atoms with Gasteiger partial charge in [0.15, 0.2) is 0 Å². The highest BCUT2D eigenvalue weighted by atomic mass is 32.2. The number of rotatable bonds is 6. The van der Waals surface area contributed by atoms with Crippen LogP contribution >= 0.6 is 11.8 Å². The quantitative estimate of drug-likeness (QED) is 0.493. The highest BCUT2D eigenvalue weighted by Crippen LogP contribution is 2.52. The molecule has 1 aliphatic heterocycles. The minimum absolute atomic E-state index is 0.0376. The summed E-state index contributed by atoms with van der Waals surface area (Å²) in [5, 5.41) is 3.03. The summed E-state index contributed by atoms with van der Waals surface area (Å²) in [6.07, 6.45) is 0. The molecule has 4 heteroatoms. The predicted molar refractivity (Wildman–Crippen MR) is 116 cm³/mol. The van der Waals surface area contributed by atoms with Gasteiger partial charge in [-0.1, -0.05) is 91.0 Å². The van der Waals surface area contributed by atoms with E-state index in [9.17, 15) is 4.79 Å². The smallest absolute Gasteiger partial charge is 0.228 e.